The molecule has 0 aromatic carbocycles. The number of ether oxygens (including phenoxy) is 1. The van der Waals surface area contributed by atoms with Crippen molar-refractivity contribution in [2.45, 2.75) is 46.5 Å². The number of hydrogen-bond donors (Lipinski definition) is 0. The van der Waals surface area contributed by atoms with Crippen molar-refractivity contribution in [3.05, 3.63) is 12.2 Å². The molecule has 2 fully saturated rings. The van der Waals surface area contributed by atoms with Gasteiger partial charge in [-0.2, -0.15) is 0 Å². The largest absolute Gasteiger partial charge is 0.393 e. The van der Waals surface area contributed by atoms with Crippen LogP contribution in [0.3, 0.4) is 0 Å². The molecule has 3 aliphatic carbocycles. The van der Waals surface area contributed by atoms with Gasteiger partial charge in [0.2, 0.25) is 0 Å². The molecule has 19 heavy (non-hydrogen) atoms. The molecule has 0 spiro atoms. The molecule has 3 heteroatoms. The van der Waals surface area contributed by atoms with Crippen LogP contribution in [0.5, 0.6) is 0 Å². The van der Waals surface area contributed by atoms with E-state index in [-0.39, 0.29) is 34.6 Å². The third-order valence-electron chi connectivity index (χ3n) is 5.71. The van der Waals surface area contributed by atoms with Crippen molar-refractivity contribution >= 4 is 11.9 Å². The molecule has 1 aliphatic heterocycles. The second-order valence-electron chi connectivity index (χ2n) is 7.24. The fourth-order valence-electron chi connectivity index (χ4n) is 4.05. The summed E-state index contributed by atoms with van der Waals surface area (Å²) in [7, 11) is 0. The molecule has 2 bridgehead atoms. The van der Waals surface area contributed by atoms with E-state index in [1.165, 1.54) is 0 Å². The van der Waals surface area contributed by atoms with Gasteiger partial charge in [-0.15, -0.1) is 0 Å². The highest BCUT2D eigenvalue weighted by Gasteiger charge is 2.53. The highest BCUT2D eigenvalue weighted by molar-refractivity contribution is 5.96. The summed E-state index contributed by atoms with van der Waals surface area (Å²) >= 11 is 0. The maximum atomic E-state index is 12.0. The van der Waals surface area contributed by atoms with Gasteiger partial charge < -0.3 is 4.74 Å². The van der Waals surface area contributed by atoms with Gasteiger partial charge in [0.05, 0.1) is 11.8 Å². The summed E-state index contributed by atoms with van der Waals surface area (Å²) in [6.07, 6.45) is 8.37. The number of allylic oxidation sites excluding steroid dienone is 2. The van der Waals surface area contributed by atoms with Crippen molar-refractivity contribution in [3.63, 3.8) is 0 Å². The van der Waals surface area contributed by atoms with Gasteiger partial charge in [0.25, 0.3) is 0 Å². The summed E-state index contributed by atoms with van der Waals surface area (Å²) in [6.45, 7) is 6.63. The molecular formula is C16H22O3. The fourth-order valence-corrected chi connectivity index (χ4v) is 4.05. The molecule has 104 valence electrons. The first kappa shape index (κ1) is 12.9. The minimum atomic E-state index is -0.295. The Morgan fingerprint density at radius 1 is 1.11 bits per heavy atom. The molecule has 1 saturated heterocycles. The lowest BCUT2D eigenvalue weighted by atomic mass is 9.56. The van der Waals surface area contributed by atoms with Crippen LogP contribution in [0.15, 0.2) is 12.2 Å². The third-order valence-corrected chi connectivity index (χ3v) is 5.71. The van der Waals surface area contributed by atoms with Crippen LogP contribution in [0.1, 0.15) is 46.5 Å². The van der Waals surface area contributed by atoms with E-state index in [1.54, 1.807) is 0 Å². The van der Waals surface area contributed by atoms with E-state index in [4.69, 9.17) is 4.74 Å². The van der Waals surface area contributed by atoms with Gasteiger partial charge in [0, 0.05) is 0 Å². The van der Waals surface area contributed by atoms with Crippen LogP contribution in [0.25, 0.3) is 0 Å². The van der Waals surface area contributed by atoms with Crippen molar-refractivity contribution in [3.8, 4) is 0 Å². The molecule has 0 radical (unpaired) electrons. The van der Waals surface area contributed by atoms with Crippen LogP contribution in [0, 0.1) is 28.6 Å². The van der Waals surface area contributed by atoms with Gasteiger partial charge in [-0.1, -0.05) is 32.9 Å². The lowest BCUT2D eigenvalue weighted by Gasteiger charge is -2.47. The summed E-state index contributed by atoms with van der Waals surface area (Å²) in [5, 5.41) is 0. The molecular weight excluding hydrogens is 240 g/mol. The maximum Gasteiger partial charge on any atom is 0.317 e. The molecule has 0 aromatic rings. The quantitative estimate of drug-likeness (QED) is 0.414. The smallest absolute Gasteiger partial charge is 0.317 e. The van der Waals surface area contributed by atoms with E-state index in [2.05, 4.69) is 32.9 Å². The molecule has 4 atom stereocenters. The van der Waals surface area contributed by atoms with Crippen molar-refractivity contribution < 1.29 is 14.3 Å². The Morgan fingerprint density at radius 2 is 1.74 bits per heavy atom. The lowest BCUT2D eigenvalue weighted by molar-refractivity contribution is -0.154. The van der Waals surface area contributed by atoms with Gasteiger partial charge in [0.1, 0.15) is 0 Å². The van der Waals surface area contributed by atoms with Crippen molar-refractivity contribution in [2.75, 3.05) is 0 Å². The topological polar surface area (TPSA) is 43.4 Å². The first-order valence-electron chi connectivity index (χ1n) is 7.31. The fraction of sp³-hybridized carbons (Fsp3) is 0.750. The summed E-state index contributed by atoms with van der Waals surface area (Å²) in [4.78, 5) is 23.9. The number of cyclic esters (lactones) is 2. The third kappa shape index (κ3) is 1.86. The summed E-state index contributed by atoms with van der Waals surface area (Å²) < 4.78 is 4.91. The van der Waals surface area contributed by atoms with Gasteiger partial charge >= 0.3 is 11.9 Å². The number of esters is 2. The second kappa shape index (κ2) is 3.94. The van der Waals surface area contributed by atoms with E-state index >= 15 is 0 Å². The number of carbonyl (C=O) groups excluding carboxylic acids is 2. The van der Waals surface area contributed by atoms with E-state index in [1.807, 2.05) is 0 Å². The summed E-state index contributed by atoms with van der Waals surface area (Å²) in [5.41, 5.74) is 0.109. The Balaban J connectivity index is 2.04. The summed E-state index contributed by atoms with van der Waals surface area (Å²) in [6, 6.07) is 0. The Kier molecular flexibility index (Phi) is 2.67. The van der Waals surface area contributed by atoms with Gasteiger partial charge in [-0.25, -0.2) is 0 Å². The summed E-state index contributed by atoms with van der Waals surface area (Å²) in [5.74, 6) is -0.549. The Morgan fingerprint density at radius 3 is 2.26 bits per heavy atom. The Hall–Kier alpha value is -1.12. The Labute approximate surface area is 114 Å². The highest BCUT2D eigenvalue weighted by atomic mass is 16.6. The number of hydrogen-bond acceptors (Lipinski definition) is 3. The molecule has 0 amide bonds. The molecule has 1 saturated carbocycles. The van der Waals surface area contributed by atoms with E-state index in [9.17, 15) is 9.59 Å². The second-order valence-corrected chi connectivity index (χ2v) is 7.24. The van der Waals surface area contributed by atoms with Crippen molar-refractivity contribution in [1.82, 2.24) is 0 Å². The average Bonchev–Trinajstić information content (AvgIpc) is 2.54. The van der Waals surface area contributed by atoms with E-state index < -0.39 is 0 Å². The predicted octanol–water partition coefficient (Wildman–Crippen LogP) is 3.09. The standard InChI is InChI=1S/C16H22O3/c1-10(2)16-6-4-15(3,5-7-16)8-11-12(9-16)14(18)19-13(11)17/h4,6,10-12H,5,7-9H2,1-3H3/t11-,12-,15-,16-/m0/s1. The monoisotopic (exact) mass is 262 g/mol. The molecule has 3 nitrogen and oxygen atoms in total. The number of carbonyl (C=O) groups is 2. The normalized spacial score (nSPS) is 45.1. The molecule has 0 N–H and O–H groups in total. The molecule has 4 aliphatic rings. The minimum absolute atomic E-state index is 0.0470. The lowest BCUT2D eigenvalue weighted by Crippen LogP contribution is -2.41. The Bertz CT molecular complexity index is 465. The van der Waals surface area contributed by atoms with E-state index in [0.717, 1.165) is 25.7 Å². The van der Waals surface area contributed by atoms with Crippen LogP contribution in [-0.2, 0) is 14.3 Å². The molecule has 4 rings (SSSR count). The minimum Gasteiger partial charge on any atom is -0.393 e. The van der Waals surface area contributed by atoms with Crippen LogP contribution in [-0.4, -0.2) is 11.9 Å². The molecule has 0 unspecified atom stereocenters. The zero-order chi connectivity index (χ0) is 13.8. The highest BCUT2D eigenvalue weighted by Crippen LogP contribution is 2.55. The van der Waals surface area contributed by atoms with Gasteiger partial charge in [0.15, 0.2) is 0 Å². The average molecular weight is 262 g/mol. The molecule has 1 heterocycles. The van der Waals surface area contributed by atoms with Crippen LogP contribution in [0.2, 0.25) is 0 Å². The number of fused-ring (bicyclic) bond motifs is 1. The van der Waals surface area contributed by atoms with Crippen molar-refractivity contribution in [1.29, 1.82) is 0 Å². The first-order chi connectivity index (χ1) is 8.85. The zero-order valence-corrected chi connectivity index (χ0v) is 11.9. The van der Waals surface area contributed by atoms with Crippen LogP contribution >= 0.6 is 0 Å². The van der Waals surface area contributed by atoms with Crippen LogP contribution in [0.4, 0.5) is 0 Å². The van der Waals surface area contributed by atoms with Gasteiger partial charge in [-0.05, 0) is 42.4 Å². The van der Waals surface area contributed by atoms with E-state index in [0.29, 0.717) is 5.92 Å². The first-order valence-corrected chi connectivity index (χ1v) is 7.31. The predicted molar refractivity (Wildman–Crippen MR) is 71.1 cm³/mol. The van der Waals surface area contributed by atoms with Crippen molar-refractivity contribution in [2.24, 2.45) is 28.6 Å². The maximum absolute atomic E-state index is 12.0. The number of rotatable bonds is 1. The van der Waals surface area contributed by atoms with Gasteiger partial charge in [-0.3, -0.25) is 9.59 Å². The zero-order valence-electron chi connectivity index (χ0n) is 11.9. The SMILES string of the molecule is CC(C)[C@@]12C=C[C@@](C)(CC1)C[C@@H]1C(=O)OC(=O)[C@H]1C2. The molecule has 0 aromatic heterocycles. The van der Waals surface area contributed by atoms with Crippen LogP contribution < -0.4 is 0 Å².